The molecule has 1 fully saturated rings. The fraction of sp³-hybridized carbons (Fsp3) is 0.391. The van der Waals surface area contributed by atoms with Crippen molar-refractivity contribution in [2.24, 2.45) is 0 Å². The molecule has 31 heavy (non-hydrogen) atoms. The number of nitrogens with one attached hydrogen (secondary N) is 2. The first-order valence-corrected chi connectivity index (χ1v) is 10.6. The van der Waals surface area contributed by atoms with Crippen LogP contribution in [-0.2, 0) is 6.54 Å². The Kier molecular flexibility index (Phi) is 6.27. The quantitative estimate of drug-likeness (QED) is 0.505. The molecule has 0 atom stereocenters. The summed E-state index contributed by atoms with van der Waals surface area (Å²) in [4.78, 5) is 17.7. The molecule has 164 valence electrons. The normalized spacial score (nSPS) is 15.2. The number of benzene rings is 2. The van der Waals surface area contributed by atoms with Gasteiger partial charge in [-0.2, -0.15) is 4.98 Å². The average molecular weight is 425 g/mol. The number of hydrogen-bond donors (Lipinski definition) is 3. The predicted octanol–water partition coefficient (Wildman–Crippen LogP) is 4.70. The largest absolute Gasteiger partial charge is 0.494 e. The van der Waals surface area contributed by atoms with Crippen molar-refractivity contribution in [2.75, 3.05) is 30.3 Å². The molecule has 3 aromatic rings. The van der Waals surface area contributed by atoms with E-state index in [1.807, 2.05) is 6.92 Å². The molecule has 2 aromatic carbocycles. The van der Waals surface area contributed by atoms with Gasteiger partial charge in [0.2, 0.25) is 0 Å². The van der Waals surface area contributed by atoms with Crippen LogP contribution < -0.4 is 15.4 Å². The van der Waals surface area contributed by atoms with Gasteiger partial charge in [0.25, 0.3) is 6.01 Å². The second kappa shape index (κ2) is 9.26. The van der Waals surface area contributed by atoms with Crippen LogP contribution in [-0.4, -0.2) is 46.8 Å². The molecule has 0 aliphatic carbocycles. The topological polar surface area (TPSA) is 99.9 Å². The molecule has 0 unspecified atom stereocenters. The van der Waals surface area contributed by atoms with Gasteiger partial charge in [0.1, 0.15) is 11.3 Å². The number of piperidine rings is 1. The zero-order valence-corrected chi connectivity index (χ0v) is 17.9. The van der Waals surface area contributed by atoms with Gasteiger partial charge < -0.3 is 19.6 Å². The van der Waals surface area contributed by atoms with E-state index < -0.39 is 6.09 Å². The molecule has 0 saturated carbocycles. The fourth-order valence-corrected chi connectivity index (χ4v) is 3.91. The number of aromatic nitrogens is 1. The van der Waals surface area contributed by atoms with E-state index in [0.717, 1.165) is 43.8 Å². The molecule has 8 nitrogen and oxygen atoms in total. The summed E-state index contributed by atoms with van der Waals surface area (Å²) in [5.74, 6) is 0.967. The number of hydrogen-bond acceptors (Lipinski definition) is 6. The lowest BCUT2D eigenvalue weighted by atomic mass is 10.0. The minimum Gasteiger partial charge on any atom is -0.494 e. The van der Waals surface area contributed by atoms with Crippen LogP contribution in [0.1, 0.15) is 30.9 Å². The molecule has 2 heterocycles. The maximum Gasteiger partial charge on any atom is 0.409 e. The number of fused-ring (bicyclic) bond motifs is 1. The second-order valence-corrected chi connectivity index (χ2v) is 7.86. The number of oxazole rings is 1. The minimum atomic E-state index is -1.10. The molecule has 1 amide bonds. The number of carboxylic acid groups (broad SMARTS) is 1. The van der Waals surface area contributed by atoms with Gasteiger partial charge in [0.05, 0.1) is 6.61 Å². The van der Waals surface area contributed by atoms with E-state index in [4.69, 9.17) is 14.3 Å². The van der Waals surface area contributed by atoms with Crippen LogP contribution in [0.3, 0.4) is 0 Å². The molecule has 0 spiro atoms. The van der Waals surface area contributed by atoms with E-state index in [-0.39, 0.29) is 6.04 Å². The van der Waals surface area contributed by atoms with Gasteiger partial charge in [-0.25, -0.2) is 4.79 Å². The second-order valence-electron chi connectivity index (χ2n) is 7.86. The lowest BCUT2D eigenvalue weighted by Gasteiger charge is -2.32. The summed E-state index contributed by atoms with van der Waals surface area (Å²) in [6.07, 6.45) is 0.886. The Morgan fingerprint density at radius 1 is 1.26 bits per heavy atom. The van der Waals surface area contributed by atoms with E-state index >= 15 is 0 Å². The van der Waals surface area contributed by atoms with Crippen LogP contribution in [0, 0.1) is 6.92 Å². The summed E-state index contributed by atoms with van der Waals surface area (Å²) < 4.78 is 11.5. The Morgan fingerprint density at radius 2 is 2.06 bits per heavy atom. The van der Waals surface area contributed by atoms with Crippen LogP contribution in [0.15, 0.2) is 40.8 Å². The van der Waals surface area contributed by atoms with Crippen LogP contribution in [0.2, 0.25) is 0 Å². The summed E-state index contributed by atoms with van der Waals surface area (Å²) in [6.45, 7) is 7.64. The number of nitrogens with zero attached hydrogens (tertiary/aromatic N) is 2. The molecule has 4 rings (SSSR count). The predicted molar refractivity (Wildman–Crippen MR) is 120 cm³/mol. The molecular formula is C23H28N4O4. The van der Waals surface area contributed by atoms with Crippen LogP contribution in [0.25, 0.3) is 11.1 Å². The van der Waals surface area contributed by atoms with E-state index in [1.54, 1.807) is 18.2 Å². The summed E-state index contributed by atoms with van der Waals surface area (Å²) >= 11 is 0. The summed E-state index contributed by atoms with van der Waals surface area (Å²) in [5.41, 5.74) is 4.15. The number of likely N-dealkylation sites (tertiary alicyclic amines) is 1. The maximum absolute atomic E-state index is 10.8. The molecule has 1 saturated heterocycles. The first-order valence-electron chi connectivity index (χ1n) is 10.6. The van der Waals surface area contributed by atoms with Gasteiger partial charge >= 0.3 is 6.09 Å². The Morgan fingerprint density at radius 3 is 2.81 bits per heavy atom. The smallest absolute Gasteiger partial charge is 0.409 e. The third-order valence-corrected chi connectivity index (χ3v) is 5.51. The first kappa shape index (κ1) is 21.0. The highest BCUT2D eigenvalue weighted by Crippen LogP contribution is 2.25. The van der Waals surface area contributed by atoms with Crippen molar-refractivity contribution in [3.05, 3.63) is 47.5 Å². The van der Waals surface area contributed by atoms with Crippen LogP contribution in [0.5, 0.6) is 5.75 Å². The number of rotatable bonds is 7. The Labute approximate surface area is 181 Å². The highest BCUT2D eigenvalue weighted by molar-refractivity contribution is 5.87. The van der Waals surface area contributed by atoms with E-state index in [1.165, 1.54) is 5.56 Å². The van der Waals surface area contributed by atoms with Crippen molar-refractivity contribution in [1.82, 2.24) is 9.88 Å². The average Bonchev–Trinajstić information content (AvgIpc) is 3.13. The molecule has 8 heteroatoms. The minimum absolute atomic E-state index is 0.290. The van der Waals surface area contributed by atoms with Crippen molar-refractivity contribution in [1.29, 1.82) is 0 Å². The third-order valence-electron chi connectivity index (χ3n) is 5.51. The Bertz CT molecular complexity index is 1060. The van der Waals surface area contributed by atoms with Gasteiger partial charge in [-0.05, 0) is 62.1 Å². The fourth-order valence-electron chi connectivity index (χ4n) is 3.91. The van der Waals surface area contributed by atoms with Gasteiger partial charge in [-0.15, -0.1) is 0 Å². The third kappa shape index (κ3) is 5.27. The summed E-state index contributed by atoms with van der Waals surface area (Å²) in [5, 5.41) is 14.6. The Balaban J connectivity index is 1.32. The standard InChI is InChI=1S/C23H28N4O4/c1-3-30-21-12-16(5-4-15(21)2)14-27-10-8-17(9-11-27)24-22-26-19-13-18(25-23(28)29)6-7-20(19)31-22/h4-7,12-13,17,25H,3,8-11,14H2,1-2H3,(H,24,26)(H,28,29). The SMILES string of the molecule is CCOc1cc(CN2CCC(Nc3nc4cc(NC(=O)O)ccc4o3)CC2)ccc1C. The van der Waals surface area contributed by atoms with Crippen molar-refractivity contribution in [3.8, 4) is 5.75 Å². The Hall–Kier alpha value is -3.26. The van der Waals surface area contributed by atoms with E-state index in [0.29, 0.717) is 29.4 Å². The zero-order chi connectivity index (χ0) is 21.8. The zero-order valence-electron chi connectivity index (χ0n) is 17.9. The highest BCUT2D eigenvalue weighted by atomic mass is 16.5. The number of aryl methyl sites for hydroxylation is 1. The van der Waals surface area contributed by atoms with Crippen molar-refractivity contribution >= 4 is 28.9 Å². The monoisotopic (exact) mass is 424 g/mol. The maximum atomic E-state index is 10.8. The van der Waals surface area contributed by atoms with Crippen LogP contribution in [0.4, 0.5) is 16.5 Å². The summed E-state index contributed by atoms with van der Waals surface area (Å²) in [7, 11) is 0. The molecule has 0 bridgehead atoms. The molecule has 1 aliphatic rings. The van der Waals surface area contributed by atoms with Crippen molar-refractivity contribution < 1.29 is 19.1 Å². The molecule has 0 radical (unpaired) electrons. The molecular weight excluding hydrogens is 396 g/mol. The first-order chi connectivity index (χ1) is 15.0. The van der Waals surface area contributed by atoms with Gasteiger partial charge in [0, 0.05) is 31.4 Å². The number of ether oxygens (including phenoxy) is 1. The number of carbonyl (C=O) groups is 1. The van der Waals surface area contributed by atoms with E-state index in [9.17, 15) is 4.79 Å². The summed E-state index contributed by atoms with van der Waals surface area (Å²) in [6, 6.07) is 12.3. The highest BCUT2D eigenvalue weighted by Gasteiger charge is 2.21. The lowest BCUT2D eigenvalue weighted by molar-refractivity contribution is 0.209. The van der Waals surface area contributed by atoms with Crippen LogP contribution >= 0.6 is 0 Å². The lowest BCUT2D eigenvalue weighted by Crippen LogP contribution is -2.38. The van der Waals surface area contributed by atoms with Gasteiger partial charge in [-0.3, -0.25) is 10.2 Å². The molecule has 1 aliphatic heterocycles. The van der Waals surface area contributed by atoms with Gasteiger partial charge in [0.15, 0.2) is 5.58 Å². The molecule has 3 N–H and O–H groups in total. The van der Waals surface area contributed by atoms with Gasteiger partial charge in [-0.1, -0.05) is 12.1 Å². The molecule has 1 aromatic heterocycles. The number of amides is 1. The number of anilines is 2. The van der Waals surface area contributed by atoms with Crippen molar-refractivity contribution in [3.63, 3.8) is 0 Å². The van der Waals surface area contributed by atoms with Crippen molar-refractivity contribution in [2.45, 2.75) is 39.3 Å². The van der Waals surface area contributed by atoms with E-state index in [2.05, 4.69) is 45.6 Å².